The van der Waals surface area contributed by atoms with Gasteiger partial charge in [0.25, 0.3) is 0 Å². The maximum atomic E-state index is 13.5. The Labute approximate surface area is 102 Å². The lowest BCUT2D eigenvalue weighted by atomic mass is 9.92. The Morgan fingerprint density at radius 2 is 2.18 bits per heavy atom. The SMILES string of the molecule is COCCNC(C)(CO)c1ccc(C)c(F)c1. The Balaban J connectivity index is 2.87. The molecule has 1 unspecified atom stereocenters. The topological polar surface area (TPSA) is 41.5 Å². The predicted octanol–water partition coefficient (Wildman–Crippen LogP) is 1.58. The van der Waals surface area contributed by atoms with Gasteiger partial charge in [0.2, 0.25) is 0 Å². The summed E-state index contributed by atoms with van der Waals surface area (Å²) in [4.78, 5) is 0. The summed E-state index contributed by atoms with van der Waals surface area (Å²) in [5, 5.41) is 12.6. The van der Waals surface area contributed by atoms with Crippen molar-refractivity contribution in [1.29, 1.82) is 0 Å². The summed E-state index contributed by atoms with van der Waals surface area (Å²) in [5.41, 5.74) is 0.692. The third-order valence-electron chi connectivity index (χ3n) is 2.95. The number of halogens is 1. The summed E-state index contributed by atoms with van der Waals surface area (Å²) in [7, 11) is 1.61. The molecule has 0 radical (unpaired) electrons. The molecule has 4 heteroatoms. The minimum Gasteiger partial charge on any atom is -0.394 e. The molecule has 0 spiro atoms. The minimum absolute atomic E-state index is 0.0980. The van der Waals surface area contributed by atoms with Crippen LogP contribution in [0, 0.1) is 12.7 Å². The molecule has 0 aliphatic rings. The summed E-state index contributed by atoms with van der Waals surface area (Å²) < 4.78 is 18.4. The average molecular weight is 241 g/mol. The standard InChI is InChI=1S/C13H20FNO2/c1-10-4-5-11(8-12(10)14)13(2,9-16)15-6-7-17-3/h4-5,8,15-16H,6-7,9H2,1-3H3. The smallest absolute Gasteiger partial charge is 0.126 e. The van der Waals surface area contributed by atoms with Crippen LogP contribution >= 0.6 is 0 Å². The lowest BCUT2D eigenvalue weighted by Crippen LogP contribution is -2.44. The van der Waals surface area contributed by atoms with Crippen molar-refractivity contribution in [2.75, 3.05) is 26.9 Å². The van der Waals surface area contributed by atoms with E-state index >= 15 is 0 Å². The number of hydrogen-bond acceptors (Lipinski definition) is 3. The molecule has 0 aliphatic carbocycles. The molecule has 0 bridgehead atoms. The van der Waals surface area contributed by atoms with Gasteiger partial charge in [-0.2, -0.15) is 0 Å². The maximum absolute atomic E-state index is 13.5. The molecule has 1 aromatic rings. The van der Waals surface area contributed by atoms with Crippen molar-refractivity contribution in [1.82, 2.24) is 5.32 Å². The zero-order valence-corrected chi connectivity index (χ0v) is 10.6. The largest absolute Gasteiger partial charge is 0.394 e. The van der Waals surface area contributed by atoms with Crippen LogP contribution in [0.15, 0.2) is 18.2 Å². The van der Waals surface area contributed by atoms with Gasteiger partial charge in [-0.3, -0.25) is 0 Å². The first-order valence-electron chi connectivity index (χ1n) is 5.65. The Bertz CT molecular complexity index is 370. The summed E-state index contributed by atoms with van der Waals surface area (Å²) in [5.74, 6) is -0.254. The molecule has 0 aromatic heterocycles. The van der Waals surface area contributed by atoms with Crippen molar-refractivity contribution in [2.24, 2.45) is 0 Å². The molecular weight excluding hydrogens is 221 g/mol. The number of rotatable bonds is 6. The highest BCUT2D eigenvalue weighted by Crippen LogP contribution is 2.22. The molecule has 0 saturated carbocycles. The van der Waals surface area contributed by atoms with Crippen LogP contribution in [0.1, 0.15) is 18.1 Å². The molecule has 2 N–H and O–H groups in total. The molecule has 96 valence electrons. The summed E-state index contributed by atoms with van der Waals surface area (Å²) in [6.45, 7) is 4.60. The van der Waals surface area contributed by atoms with Gasteiger partial charge in [-0.25, -0.2) is 4.39 Å². The number of hydrogen-bond donors (Lipinski definition) is 2. The molecule has 17 heavy (non-hydrogen) atoms. The van der Waals surface area contributed by atoms with E-state index in [0.29, 0.717) is 18.7 Å². The van der Waals surface area contributed by atoms with E-state index in [4.69, 9.17) is 4.74 Å². The van der Waals surface area contributed by atoms with Crippen LogP contribution in [0.25, 0.3) is 0 Å². The molecule has 0 saturated heterocycles. The van der Waals surface area contributed by atoms with Gasteiger partial charge in [0.05, 0.1) is 18.8 Å². The first-order valence-corrected chi connectivity index (χ1v) is 5.65. The van der Waals surface area contributed by atoms with Gasteiger partial charge in [0.15, 0.2) is 0 Å². The number of nitrogens with one attached hydrogen (secondary N) is 1. The molecule has 1 rings (SSSR count). The van der Waals surface area contributed by atoms with Gasteiger partial charge < -0.3 is 15.2 Å². The van der Waals surface area contributed by atoms with Gasteiger partial charge in [-0.05, 0) is 31.0 Å². The van der Waals surface area contributed by atoms with Crippen LogP contribution < -0.4 is 5.32 Å². The Morgan fingerprint density at radius 3 is 2.71 bits per heavy atom. The molecule has 1 atom stereocenters. The fraction of sp³-hybridized carbons (Fsp3) is 0.538. The summed E-state index contributed by atoms with van der Waals surface area (Å²) in [6, 6.07) is 5.01. The minimum atomic E-state index is -0.646. The van der Waals surface area contributed by atoms with Crippen molar-refractivity contribution in [3.63, 3.8) is 0 Å². The van der Waals surface area contributed by atoms with E-state index in [-0.39, 0.29) is 12.4 Å². The molecular formula is C13H20FNO2. The van der Waals surface area contributed by atoms with Crippen molar-refractivity contribution in [3.8, 4) is 0 Å². The fourth-order valence-electron chi connectivity index (χ4n) is 1.61. The molecule has 3 nitrogen and oxygen atoms in total. The Kier molecular flexibility index (Phi) is 5.05. The molecule has 0 aliphatic heterocycles. The second-order valence-electron chi connectivity index (χ2n) is 4.37. The van der Waals surface area contributed by atoms with Crippen molar-refractivity contribution < 1.29 is 14.2 Å². The van der Waals surface area contributed by atoms with Gasteiger partial charge >= 0.3 is 0 Å². The monoisotopic (exact) mass is 241 g/mol. The maximum Gasteiger partial charge on any atom is 0.126 e. The van der Waals surface area contributed by atoms with Crippen molar-refractivity contribution in [3.05, 3.63) is 35.1 Å². The highest BCUT2D eigenvalue weighted by Gasteiger charge is 2.25. The third-order valence-corrected chi connectivity index (χ3v) is 2.95. The number of aliphatic hydroxyl groups is 1. The summed E-state index contributed by atoms with van der Waals surface area (Å²) >= 11 is 0. The number of aryl methyl sites for hydroxylation is 1. The van der Waals surface area contributed by atoms with E-state index in [9.17, 15) is 9.50 Å². The van der Waals surface area contributed by atoms with Crippen molar-refractivity contribution in [2.45, 2.75) is 19.4 Å². The number of aliphatic hydroxyl groups excluding tert-OH is 1. The van der Waals surface area contributed by atoms with Crippen LogP contribution in [0.5, 0.6) is 0 Å². The Hall–Kier alpha value is -0.970. The van der Waals surface area contributed by atoms with Crippen LogP contribution in [0.2, 0.25) is 0 Å². The second-order valence-corrected chi connectivity index (χ2v) is 4.37. The first kappa shape index (κ1) is 14.1. The van der Waals surface area contributed by atoms with Gasteiger partial charge in [-0.15, -0.1) is 0 Å². The van der Waals surface area contributed by atoms with E-state index < -0.39 is 5.54 Å². The van der Waals surface area contributed by atoms with Gasteiger partial charge in [-0.1, -0.05) is 12.1 Å². The number of methoxy groups -OCH3 is 1. The van der Waals surface area contributed by atoms with Crippen LogP contribution in [0.3, 0.4) is 0 Å². The van der Waals surface area contributed by atoms with Crippen LogP contribution in [-0.2, 0) is 10.3 Å². The van der Waals surface area contributed by atoms with Gasteiger partial charge in [0, 0.05) is 13.7 Å². The molecule has 1 aromatic carbocycles. The summed E-state index contributed by atoms with van der Waals surface area (Å²) in [6.07, 6.45) is 0. The highest BCUT2D eigenvalue weighted by molar-refractivity contribution is 5.29. The van der Waals surface area contributed by atoms with Crippen molar-refractivity contribution >= 4 is 0 Å². The van der Waals surface area contributed by atoms with E-state index in [1.54, 1.807) is 20.1 Å². The highest BCUT2D eigenvalue weighted by atomic mass is 19.1. The van der Waals surface area contributed by atoms with E-state index in [1.165, 1.54) is 6.07 Å². The van der Waals surface area contributed by atoms with Crippen LogP contribution in [0.4, 0.5) is 4.39 Å². The normalized spacial score (nSPS) is 14.6. The first-order chi connectivity index (χ1) is 8.03. The molecule has 0 heterocycles. The predicted molar refractivity (Wildman–Crippen MR) is 65.5 cm³/mol. The van der Waals surface area contributed by atoms with Crippen LogP contribution in [-0.4, -0.2) is 32.0 Å². The van der Waals surface area contributed by atoms with E-state index in [2.05, 4.69) is 5.32 Å². The zero-order chi connectivity index (χ0) is 12.9. The Morgan fingerprint density at radius 1 is 1.47 bits per heavy atom. The lowest BCUT2D eigenvalue weighted by molar-refractivity contribution is 0.148. The molecule has 0 amide bonds. The molecule has 0 fully saturated rings. The fourth-order valence-corrected chi connectivity index (χ4v) is 1.61. The van der Waals surface area contributed by atoms with Gasteiger partial charge in [0.1, 0.15) is 5.82 Å². The number of benzene rings is 1. The third kappa shape index (κ3) is 3.49. The average Bonchev–Trinajstić information content (AvgIpc) is 2.32. The van der Waals surface area contributed by atoms with E-state index in [1.807, 2.05) is 13.0 Å². The lowest BCUT2D eigenvalue weighted by Gasteiger charge is -2.29. The number of ether oxygens (including phenoxy) is 1. The quantitative estimate of drug-likeness (QED) is 0.743. The van der Waals surface area contributed by atoms with E-state index in [0.717, 1.165) is 5.56 Å². The second kappa shape index (κ2) is 6.10. The zero-order valence-electron chi connectivity index (χ0n) is 10.6.